The highest BCUT2D eigenvalue weighted by Gasteiger charge is 2.08. The maximum absolute atomic E-state index is 11.3. The summed E-state index contributed by atoms with van der Waals surface area (Å²) in [5.74, 6) is -0.173. The molecule has 0 amide bonds. The second kappa shape index (κ2) is 4.91. The Morgan fingerprint density at radius 2 is 2.29 bits per heavy atom. The number of esters is 1. The molecule has 0 saturated heterocycles. The summed E-state index contributed by atoms with van der Waals surface area (Å²) in [5, 5.41) is 9.37. The first-order valence-electron chi connectivity index (χ1n) is 4.23. The maximum Gasteiger partial charge on any atom is 0.338 e. The lowest BCUT2D eigenvalue weighted by molar-refractivity contribution is 0.0526. The highest BCUT2D eigenvalue weighted by Crippen LogP contribution is 2.27. The van der Waals surface area contributed by atoms with Gasteiger partial charge < -0.3 is 9.84 Å². The minimum atomic E-state index is -0.359. The van der Waals surface area contributed by atoms with Gasteiger partial charge in [0.05, 0.1) is 12.2 Å². The van der Waals surface area contributed by atoms with E-state index >= 15 is 0 Å². The molecule has 0 bridgehead atoms. The molecule has 0 heterocycles. The number of aromatic hydroxyl groups is 1. The third kappa shape index (κ3) is 2.42. The molecule has 14 heavy (non-hydrogen) atoms. The van der Waals surface area contributed by atoms with Crippen molar-refractivity contribution < 1.29 is 14.6 Å². The lowest BCUT2D eigenvalue weighted by Crippen LogP contribution is -2.04. The van der Waals surface area contributed by atoms with Crippen LogP contribution in [0, 0.1) is 0 Å². The molecule has 0 aliphatic carbocycles. The number of hydrogen-bond acceptors (Lipinski definition) is 4. The van der Waals surface area contributed by atoms with Crippen molar-refractivity contribution in [2.45, 2.75) is 11.8 Å². The zero-order chi connectivity index (χ0) is 10.6. The first-order chi connectivity index (χ1) is 6.69. The van der Waals surface area contributed by atoms with E-state index in [1.165, 1.54) is 17.8 Å². The number of phenols is 1. The van der Waals surface area contributed by atoms with Crippen molar-refractivity contribution in [3.63, 3.8) is 0 Å². The summed E-state index contributed by atoms with van der Waals surface area (Å²) in [6.45, 7) is 2.11. The van der Waals surface area contributed by atoms with Gasteiger partial charge in [0.1, 0.15) is 5.75 Å². The maximum atomic E-state index is 11.3. The fourth-order valence-corrected chi connectivity index (χ4v) is 1.54. The second-order valence-electron chi connectivity index (χ2n) is 2.61. The first-order valence-corrected chi connectivity index (χ1v) is 5.45. The van der Waals surface area contributed by atoms with Gasteiger partial charge in [0.25, 0.3) is 0 Å². The van der Waals surface area contributed by atoms with Gasteiger partial charge >= 0.3 is 5.97 Å². The van der Waals surface area contributed by atoms with Crippen molar-refractivity contribution in [3.05, 3.63) is 23.8 Å². The van der Waals surface area contributed by atoms with E-state index in [0.717, 1.165) is 0 Å². The van der Waals surface area contributed by atoms with E-state index in [-0.39, 0.29) is 11.7 Å². The summed E-state index contributed by atoms with van der Waals surface area (Å²) >= 11 is 1.39. The van der Waals surface area contributed by atoms with Crippen LogP contribution in [0.15, 0.2) is 23.1 Å². The zero-order valence-electron chi connectivity index (χ0n) is 8.11. The van der Waals surface area contributed by atoms with Crippen LogP contribution in [0.1, 0.15) is 17.3 Å². The lowest BCUT2D eigenvalue weighted by Gasteiger charge is -2.04. The third-order valence-corrected chi connectivity index (χ3v) is 2.46. The Balaban J connectivity index is 2.94. The molecule has 0 radical (unpaired) electrons. The molecule has 0 fully saturated rings. The summed E-state index contributed by atoms with van der Waals surface area (Å²) in [7, 11) is 0. The van der Waals surface area contributed by atoms with Crippen molar-refractivity contribution in [3.8, 4) is 5.75 Å². The van der Waals surface area contributed by atoms with Crippen LogP contribution in [0.25, 0.3) is 0 Å². The van der Waals surface area contributed by atoms with E-state index < -0.39 is 0 Å². The fourth-order valence-electron chi connectivity index (χ4n) is 1.02. The van der Waals surface area contributed by atoms with Gasteiger partial charge in [-0.15, -0.1) is 11.8 Å². The Morgan fingerprint density at radius 1 is 1.57 bits per heavy atom. The highest BCUT2D eigenvalue weighted by atomic mass is 32.2. The second-order valence-corrected chi connectivity index (χ2v) is 3.46. The van der Waals surface area contributed by atoms with Gasteiger partial charge in [0.2, 0.25) is 0 Å². The number of thioether (sulfide) groups is 1. The highest BCUT2D eigenvalue weighted by molar-refractivity contribution is 7.98. The van der Waals surface area contributed by atoms with Crippen molar-refractivity contribution in [1.82, 2.24) is 0 Å². The molecular formula is C10H12O3S. The molecule has 1 N–H and O–H groups in total. The topological polar surface area (TPSA) is 46.5 Å². The summed E-state index contributed by atoms with van der Waals surface area (Å²) in [6, 6.07) is 4.67. The molecule has 0 saturated carbocycles. The summed E-state index contributed by atoms with van der Waals surface area (Å²) in [4.78, 5) is 12.0. The van der Waals surface area contributed by atoms with E-state index in [1.54, 1.807) is 19.1 Å². The number of benzene rings is 1. The largest absolute Gasteiger partial charge is 0.507 e. The van der Waals surface area contributed by atoms with Crippen LogP contribution in [0.4, 0.5) is 0 Å². The molecule has 3 nitrogen and oxygen atoms in total. The van der Waals surface area contributed by atoms with Crippen LogP contribution in [0.5, 0.6) is 5.75 Å². The van der Waals surface area contributed by atoms with Crippen molar-refractivity contribution in [1.29, 1.82) is 0 Å². The SMILES string of the molecule is CCOC(=O)c1ccc(O)c(SC)c1. The van der Waals surface area contributed by atoms with E-state index in [2.05, 4.69) is 0 Å². The fraction of sp³-hybridized carbons (Fsp3) is 0.300. The van der Waals surface area contributed by atoms with Crippen LogP contribution in [0.2, 0.25) is 0 Å². The summed E-state index contributed by atoms with van der Waals surface area (Å²) in [5.41, 5.74) is 0.467. The van der Waals surface area contributed by atoms with Gasteiger partial charge in [-0.05, 0) is 31.4 Å². The Labute approximate surface area is 87.1 Å². The smallest absolute Gasteiger partial charge is 0.338 e. The zero-order valence-corrected chi connectivity index (χ0v) is 8.93. The Hall–Kier alpha value is -1.16. The Bertz CT molecular complexity index is 336. The quantitative estimate of drug-likeness (QED) is 0.617. The number of phenolic OH excluding ortho intramolecular Hbond substituents is 1. The molecule has 0 spiro atoms. The lowest BCUT2D eigenvalue weighted by atomic mass is 10.2. The van der Waals surface area contributed by atoms with Crippen molar-refractivity contribution >= 4 is 17.7 Å². The summed E-state index contributed by atoms with van der Waals surface area (Å²) in [6.07, 6.45) is 1.84. The van der Waals surface area contributed by atoms with Gasteiger partial charge in [-0.2, -0.15) is 0 Å². The molecule has 0 atom stereocenters. The average Bonchev–Trinajstić information content (AvgIpc) is 2.19. The van der Waals surface area contributed by atoms with E-state index in [0.29, 0.717) is 17.1 Å². The van der Waals surface area contributed by atoms with Gasteiger partial charge in [-0.1, -0.05) is 0 Å². The molecule has 1 aromatic carbocycles. The van der Waals surface area contributed by atoms with Gasteiger partial charge in [-0.25, -0.2) is 4.79 Å². The Kier molecular flexibility index (Phi) is 3.83. The molecule has 0 unspecified atom stereocenters. The number of ether oxygens (including phenoxy) is 1. The van der Waals surface area contributed by atoms with Gasteiger partial charge in [0, 0.05) is 4.90 Å². The van der Waals surface area contributed by atoms with Crippen molar-refractivity contribution in [2.75, 3.05) is 12.9 Å². The molecule has 1 aromatic rings. The Morgan fingerprint density at radius 3 is 2.86 bits per heavy atom. The number of carbonyl (C=O) groups is 1. The molecule has 0 aliphatic rings. The molecule has 76 valence electrons. The predicted octanol–water partition coefficient (Wildman–Crippen LogP) is 2.29. The van der Waals surface area contributed by atoms with Crippen LogP contribution in [0.3, 0.4) is 0 Å². The normalized spacial score (nSPS) is 9.86. The molecule has 4 heteroatoms. The molecule has 1 rings (SSSR count). The first kappa shape index (κ1) is 10.9. The standard InChI is InChI=1S/C10H12O3S/c1-3-13-10(12)7-4-5-8(11)9(6-7)14-2/h4-6,11H,3H2,1-2H3. The molecule has 0 aliphatic heterocycles. The van der Waals surface area contributed by atoms with Crippen LogP contribution in [-0.4, -0.2) is 23.9 Å². The van der Waals surface area contributed by atoms with E-state index in [4.69, 9.17) is 4.74 Å². The average molecular weight is 212 g/mol. The number of carbonyl (C=O) groups excluding carboxylic acids is 1. The molecule has 0 aromatic heterocycles. The minimum Gasteiger partial charge on any atom is -0.507 e. The number of hydrogen-bond donors (Lipinski definition) is 1. The minimum absolute atomic E-state index is 0.186. The summed E-state index contributed by atoms with van der Waals surface area (Å²) < 4.78 is 4.84. The van der Waals surface area contributed by atoms with Crippen LogP contribution < -0.4 is 0 Å². The monoisotopic (exact) mass is 212 g/mol. The van der Waals surface area contributed by atoms with Crippen LogP contribution in [-0.2, 0) is 4.74 Å². The van der Waals surface area contributed by atoms with Gasteiger partial charge in [-0.3, -0.25) is 0 Å². The van der Waals surface area contributed by atoms with Gasteiger partial charge in [0.15, 0.2) is 0 Å². The van der Waals surface area contributed by atoms with Crippen molar-refractivity contribution in [2.24, 2.45) is 0 Å². The van der Waals surface area contributed by atoms with E-state index in [9.17, 15) is 9.90 Å². The number of rotatable bonds is 3. The predicted molar refractivity (Wildman–Crippen MR) is 55.8 cm³/mol. The van der Waals surface area contributed by atoms with Crippen LogP contribution >= 0.6 is 11.8 Å². The third-order valence-electron chi connectivity index (χ3n) is 1.69. The molecular weight excluding hydrogens is 200 g/mol. The van der Waals surface area contributed by atoms with E-state index in [1.807, 2.05) is 6.26 Å².